The van der Waals surface area contributed by atoms with Crippen LogP contribution in [-0.4, -0.2) is 53.4 Å². The fourth-order valence-electron chi connectivity index (χ4n) is 2.88. The fraction of sp³-hybridized carbons (Fsp3) is 0.500. The lowest BCUT2D eigenvalue weighted by Gasteiger charge is -2.34. The number of benzene rings is 1. The normalized spacial score (nSPS) is 16.3. The van der Waals surface area contributed by atoms with Crippen molar-refractivity contribution >= 4 is 17.0 Å². The zero-order valence-corrected chi connectivity index (χ0v) is 12.8. The third-order valence-corrected chi connectivity index (χ3v) is 4.28. The zero-order chi connectivity index (χ0) is 15.5. The van der Waals surface area contributed by atoms with E-state index in [-0.39, 0.29) is 5.91 Å². The van der Waals surface area contributed by atoms with Gasteiger partial charge in [-0.3, -0.25) is 9.78 Å². The Morgan fingerprint density at radius 3 is 2.77 bits per heavy atom. The van der Waals surface area contributed by atoms with Crippen LogP contribution in [0.1, 0.15) is 18.9 Å². The van der Waals surface area contributed by atoms with E-state index in [0.29, 0.717) is 23.9 Å². The van der Waals surface area contributed by atoms with Gasteiger partial charge in [0.05, 0.1) is 5.52 Å². The molecule has 1 saturated heterocycles. The van der Waals surface area contributed by atoms with Crippen LogP contribution in [0.15, 0.2) is 27.4 Å². The highest BCUT2D eigenvalue weighted by atomic mass is 16.4. The maximum Gasteiger partial charge on any atom is 0.417 e. The van der Waals surface area contributed by atoms with Crippen LogP contribution in [-0.2, 0) is 11.2 Å². The molecule has 0 bridgehead atoms. The number of aromatic amines is 1. The van der Waals surface area contributed by atoms with Gasteiger partial charge in [-0.05, 0) is 30.7 Å². The number of piperazine rings is 1. The number of nitrogens with zero attached hydrogens (tertiary/aromatic N) is 2. The molecular weight excluding hydrogens is 282 g/mol. The Morgan fingerprint density at radius 1 is 1.27 bits per heavy atom. The van der Waals surface area contributed by atoms with Crippen molar-refractivity contribution in [3.05, 3.63) is 34.3 Å². The Morgan fingerprint density at radius 2 is 2.05 bits per heavy atom. The number of aryl methyl sites for hydroxylation is 1. The van der Waals surface area contributed by atoms with Crippen LogP contribution >= 0.6 is 0 Å². The predicted molar refractivity (Wildman–Crippen MR) is 83.8 cm³/mol. The van der Waals surface area contributed by atoms with E-state index >= 15 is 0 Å². The summed E-state index contributed by atoms with van der Waals surface area (Å²) in [7, 11) is 0. The second kappa shape index (κ2) is 6.36. The second-order valence-electron chi connectivity index (χ2n) is 5.66. The molecular formula is C16H21N3O3. The number of rotatable bonds is 4. The van der Waals surface area contributed by atoms with Crippen molar-refractivity contribution in [1.82, 2.24) is 14.8 Å². The molecule has 0 aliphatic carbocycles. The molecule has 6 nitrogen and oxygen atoms in total. The zero-order valence-electron chi connectivity index (χ0n) is 12.8. The third-order valence-electron chi connectivity index (χ3n) is 4.28. The van der Waals surface area contributed by atoms with Crippen molar-refractivity contribution in [3.63, 3.8) is 0 Å². The van der Waals surface area contributed by atoms with Crippen LogP contribution in [0, 0.1) is 0 Å². The van der Waals surface area contributed by atoms with Gasteiger partial charge in [-0.25, -0.2) is 4.79 Å². The number of amides is 1. The van der Waals surface area contributed by atoms with E-state index in [9.17, 15) is 9.59 Å². The highest BCUT2D eigenvalue weighted by Crippen LogP contribution is 2.14. The molecule has 1 aliphatic heterocycles. The first-order chi connectivity index (χ1) is 10.7. The smallest absolute Gasteiger partial charge is 0.408 e. The van der Waals surface area contributed by atoms with Crippen LogP contribution in [0.3, 0.4) is 0 Å². The number of oxazole rings is 1. The SMILES string of the molecule is CCN1CCN(C(=O)CCc2ccc3oc(=O)[nH]c3c2)CC1. The van der Waals surface area contributed by atoms with Crippen molar-refractivity contribution in [2.24, 2.45) is 0 Å². The summed E-state index contributed by atoms with van der Waals surface area (Å²) in [6.07, 6.45) is 1.18. The third kappa shape index (κ3) is 3.22. The molecule has 1 aliphatic rings. The van der Waals surface area contributed by atoms with Gasteiger partial charge in [0.2, 0.25) is 5.91 Å². The van der Waals surface area contributed by atoms with Crippen LogP contribution in [0.2, 0.25) is 0 Å². The average molecular weight is 303 g/mol. The van der Waals surface area contributed by atoms with E-state index < -0.39 is 5.76 Å². The number of carbonyl (C=O) groups is 1. The molecule has 0 radical (unpaired) electrons. The summed E-state index contributed by atoms with van der Waals surface area (Å²) in [6.45, 7) is 6.76. The highest BCUT2D eigenvalue weighted by Gasteiger charge is 2.19. The molecule has 0 saturated carbocycles. The number of H-pyrrole nitrogens is 1. The monoisotopic (exact) mass is 303 g/mol. The summed E-state index contributed by atoms with van der Waals surface area (Å²) in [5.41, 5.74) is 2.27. The first-order valence-corrected chi connectivity index (χ1v) is 7.77. The van der Waals surface area contributed by atoms with E-state index in [1.54, 1.807) is 6.07 Å². The van der Waals surface area contributed by atoms with Crippen molar-refractivity contribution in [1.29, 1.82) is 0 Å². The summed E-state index contributed by atoms with van der Waals surface area (Å²) in [4.78, 5) is 30.3. The van der Waals surface area contributed by atoms with Gasteiger partial charge in [-0.2, -0.15) is 0 Å². The number of likely N-dealkylation sites (N-methyl/N-ethyl adjacent to an activating group) is 1. The number of hydrogen-bond acceptors (Lipinski definition) is 4. The van der Waals surface area contributed by atoms with Gasteiger partial charge in [0, 0.05) is 32.6 Å². The van der Waals surface area contributed by atoms with E-state index in [1.165, 1.54) is 0 Å². The molecule has 0 spiro atoms. The van der Waals surface area contributed by atoms with E-state index in [0.717, 1.165) is 38.3 Å². The number of aromatic nitrogens is 1. The number of carbonyl (C=O) groups excluding carboxylic acids is 1. The lowest BCUT2D eigenvalue weighted by atomic mass is 10.1. The quantitative estimate of drug-likeness (QED) is 0.922. The molecule has 3 rings (SSSR count). The van der Waals surface area contributed by atoms with E-state index in [2.05, 4.69) is 16.8 Å². The first kappa shape index (κ1) is 14.8. The predicted octanol–water partition coefficient (Wildman–Crippen LogP) is 1.22. The average Bonchev–Trinajstić information content (AvgIpc) is 2.92. The summed E-state index contributed by atoms with van der Waals surface area (Å²) in [6, 6.07) is 5.55. The van der Waals surface area contributed by atoms with Gasteiger partial charge >= 0.3 is 5.76 Å². The molecule has 2 heterocycles. The van der Waals surface area contributed by atoms with Crippen molar-refractivity contribution in [2.45, 2.75) is 19.8 Å². The molecule has 1 aromatic heterocycles. The van der Waals surface area contributed by atoms with Crippen LogP contribution in [0.4, 0.5) is 0 Å². The largest absolute Gasteiger partial charge is 0.417 e. The molecule has 1 N–H and O–H groups in total. The van der Waals surface area contributed by atoms with E-state index in [4.69, 9.17) is 4.42 Å². The Kier molecular flexibility index (Phi) is 4.29. The summed E-state index contributed by atoms with van der Waals surface area (Å²) in [5, 5.41) is 0. The second-order valence-corrected chi connectivity index (χ2v) is 5.66. The van der Waals surface area contributed by atoms with Gasteiger partial charge in [-0.15, -0.1) is 0 Å². The first-order valence-electron chi connectivity index (χ1n) is 7.77. The summed E-state index contributed by atoms with van der Waals surface area (Å²) in [5.74, 6) is -0.242. The molecule has 1 amide bonds. The Bertz CT molecular complexity index is 711. The maximum absolute atomic E-state index is 12.3. The van der Waals surface area contributed by atoms with Crippen LogP contribution in [0.5, 0.6) is 0 Å². The Hall–Kier alpha value is -2.08. The van der Waals surface area contributed by atoms with Crippen molar-refractivity contribution in [2.75, 3.05) is 32.7 Å². The van der Waals surface area contributed by atoms with Gasteiger partial charge in [0.1, 0.15) is 0 Å². The minimum absolute atomic E-state index is 0.205. The summed E-state index contributed by atoms with van der Waals surface area (Å²) < 4.78 is 4.97. The number of nitrogens with one attached hydrogen (secondary N) is 1. The molecule has 1 aromatic carbocycles. The minimum Gasteiger partial charge on any atom is -0.408 e. The molecule has 1 fully saturated rings. The van der Waals surface area contributed by atoms with Gasteiger partial charge in [0.25, 0.3) is 0 Å². The maximum atomic E-state index is 12.3. The lowest BCUT2D eigenvalue weighted by Crippen LogP contribution is -2.48. The van der Waals surface area contributed by atoms with Crippen LogP contribution in [0.25, 0.3) is 11.1 Å². The number of fused-ring (bicyclic) bond motifs is 1. The lowest BCUT2D eigenvalue weighted by molar-refractivity contribution is -0.132. The molecule has 118 valence electrons. The van der Waals surface area contributed by atoms with Gasteiger partial charge < -0.3 is 14.2 Å². The molecule has 2 aromatic rings. The molecule has 0 atom stereocenters. The van der Waals surface area contributed by atoms with Gasteiger partial charge in [-0.1, -0.05) is 13.0 Å². The molecule has 22 heavy (non-hydrogen) atoms. The Balaban J connectivity index is 1.56. The standard InChI is InChI=1S/C16H21N3O3/c1-2-18-7-9-19(10-8-18)15(20)6-4-12-3-5-14-13(11-12)17-16(21)22-14/h3,5,11H,2,4,6-10H2,1H3,(H,17,21). The van der Waals surface area contributed by atoms with E-state index in [1.807, 2.05) is 17.0 Å². The van der Waals surface area contributed by atoms with Gasteiger partial charge in [0.15, 0.2) is 5.58 Å². The molecule has 0 unspecified atom stereocenters. The Labute approximate surface area is 128 Å². The van der Waals surface area contributed by atoms with Crippen molar-refractivity contribution in [3.8, 4) is 0 Å². The number of hydrogen-bond donors (Lipinski definition) is 1. The fourth-order valence-corrected chi connectivity index (χ4v) is 2.88. The van der Waals surface area contributed by atoms with Crippen LogP contribution < -0.4 is 5.76 Å². The minimum atomic E-state index is -0.447. The topological polar surface area (TPSA) is 69.5 Å². The molecule has 6 heteroatoms. The highest BCUT2D eigenvalue weighted by molar-refractivity contribution is 5.77. The summed E-state index contributed by atoms with van der Waals surface area (Å²) >= 11 is 0. The van der Waals surface area contributed by atoms with Crippen molar-refractivity contribution < 1.29 is 9.21 Å².